The average molecular weight is 233 g/mol. The number of hydrogen-bond donors (Lipinski definition) is 1. The second kappa shape index (κ2) is 5.82. The number of carboxylic acids is 1. The quantitative estimate of drug-likeness (QED) is 0.872. The highest BCUT2D eigenvalue weighted by Gasteiger charge is 2.27. The minimum Gasteiger partial charge on any atom is -0.480 e. The zero-order valence-corrected chi connectivity index (χ0v) is 10.0. The minimum atomic E-state index is -0.738. The largest absolute Gasteiger partial charge is 0.480 e. The van der Waals surface area contributed by atoms with Crippen LogP contribution in [0.4, 0.5) is 0 Å². The third-order valence-electron chi connectivity index (χ3n) is 3.36. The van der Waals surface area contributed by atoms with Gasteiger partial charge < -0.3 is 5.11 Å². The summed E-state index contributed by atoms with van der Waals surface area (Å²) in [7, 11) is 0. The predicted molar refractivity (Wildman–Crippen MR) is 66.9 cm³/mol. The highest BCUT2D eigenvalue weighted by Crippen LogP contribution is 2.24. The van der Waals surface area contributed by atoms with Crippen molar-refractivity contribution >= 4 is 5.97 Å². The normalized spacial score (nSPS) is 19.5. The Kier molecular flexibility index (Phi) is 4.15. The molecular weight excluding hydrogens is 214 g/mol. The smallest absolute Gasteiger partial charge is 0.325 e. The zero-order chi connectivity index (χ0) is 12.1. The van der Waals surface area contributed by atoms with Crippen molar-refractivity contribution in [2.75, 3.05) is 13.1 Å². The maximum absolute atomic E-state index is 11.5. The molecule has 0 spiro atoms. The Hall–Kier alpha value is -1.35. The monoisotopic (exact) mass is 233 g/mol. The van der Waals surface area contributed by atoms with E-state index in [1.54, 1.807) is 0 Å². The van der Waals surface area contributed by atoms with Crippen LogP contribution in [0.5, 0.6) is 0 Å². The second-order valence-electron chi connectivity index (χ2n) is 4.60. The number of hydrogen-bond acceptors (Lipinski definition) is 2. The maximum Gasteiger partial charge on any atom is 0.325 e. The molecule has 0 aromatic heterocycles. The lowest BCUT2D eigenvalue weighted by Gasteiger charge is -2.27. The first kappa shape index (κ1) is 12.1. The van der Waals surface area contributed by atoms with E-state index in [-0.39, 0.29) is 0 Å². The Morgan fingerprint density at radius 2 is 1.65 bits per heavy atom. The lowest BCUT2D eigenvalue weighted by Crippen LogP contribution is -2.34. The fourth-order valence-corrected chi connectivity index (χ4v) is 2.50. The van der Waals surface area contributed by atoms with E-state index in [9.17, 15) is 9.90 Å². The lowest BCUT2D eigenvalue weighted by atomic mass is 10.1. The molecule has 0 radical (unpaired) electrons. The highest BCUT2D eigenvalue weighted by atomic mass is 16.4. The summed E-state index contributed by atoms with van der Waals surface area (Å²) < 4.78 is 0. The van der Waals surface area contributed by atoms with Crippen LogP contribution in [0.15, 0.2) is 30.3 Å². The van der Waals surface area contributed by atoms with E-state index in [1.807, 2.05) is 30.3 Å². The average Bonchev–Trinajstić information content (AvgIpc) is 2.59. The molecule has 0 saturated carbocycles. The molecule has 2 rings (SSSR count). The van der Waals surface area contributed by atoms with E-state index in [4.69, 9.17) is 0 Å². The molecule has 3 heteroatoms. The Balaban J connectivity index is 2.19. The number of aliphatic carboxylic acids is 1. The molecule has 1 aromatic carbocycles. The SMILES string of the molecule is O=C(O)C(c1ccccc1)N1CCCCCC1. The summed E-state index contributed by atoms with van der Waals surface area (Å²) in [5.74, 6) is -0.738. The summed E-state index contributed by atoms with van der Waals surface area (Å²) in [6, 6.07) is 9.07. The molecule has 0 aliphatic carbocycles. The summed E-state index contributed by atoms with van der Waals surface area (Å²) in [5.41, 5.74) is 0.891. The van der Waals surface area contributed by atoms with Crippen LogP contribution in [-0.2, 0) is 4.79 Å². The van der Waals surface area contributed by atoms with Crippen molar-refractivity contribution < 1.29 is 9.90 Å². The van der Waals surface area contributed by atoms with E-state index in [0.29, 0.717) is 0 Å². The van der Waals surface area contributed by atoms with Crippen molar-refractivity contribution in [3.8, 4) is 0 Å². The van der Waals surface area contributed by atoms with Gasteiger partial charge in [0, 0.05) is 0 Å². The van der Waals surface area contributed by atoms with Crippen LogP contribution in [0.3, 0.4) is 0 Å². The first-order valence-electron chi connectivity index (χ1n) is 6.31. The summed E-state index contributed by atoms with van der Waals surface area (Å²) >= 11 is 0. The van der Waals surface area contributed by atoms with Crippen LogP contribution in [0, 0.1) is 0 Å². The highest BCUT2D eigenvalue weighted by molar-refractivity contribution is 5.75. The van der Waals surface area contributed by atoms with Gasteiger partial charge in [-0.15, -0.1) is 0 Å². The molecule has 1 fully saturated rings. The molecule has 1 aliphatic rings. The van der Waals surface area contributed by atoms with Crippen LogP contribution in [0.2, 0.25) is 0 Å². The molecule has 1 unspecified atom stereocenters. The van der Waals surface area contributed by atoms with Crippen molar-refractivity contribution in [3.63, 3.8) is 0 Å². The van der Waals surface area contributed by atoms with Gasteiger partial charge >= 0.3 is 5.97 Å². The topological polar surface area (TPSA) is 40.5 Å². The Bertz CT molecular complexity index is 356. The molecular formula is C14H19NO2. The van der Waals surface area contributed by atoms with Gasteiger partial charge in [-0.3, -0.25) is 9.69 Å². The van der Waals surface area contributed by atoms with Gasteiger partial charge in [-0.05, 0) is 31.5 Å². The van der Waals surface area contributed by atoms with Gasteiger partial charge in [-0.2, -0.15) is 0 Å². The molecule has 1 N–H and O–H groups in total. The Morgan fingerprint density at radius 3 is 2.18 bits per heavy atom. The molecule has 0 bridgehead atoms. The van der Waals surface area contributed by atoms with Gasteiger partial charge in [0.2, 0.25) is 0 Å². The number of benzene rings is 1. The molecule has 1 saturated heterocycles. The van der Waals surface area contributed by atoms with Crippen LogP contribution < -0.4 is 0 Å². The number of carboxylic acid groups (broad SMARTS) is 1. The number of likely N-dealkylation sites (tertiary alicyclic amines) is 1. The molecule has 92 valence electrons. The van der Waals surface area contributed by atoms with Crippen molar-refractivity contribution in [1.29, 1.82) is 0 Å². The molecule has 1 atom stereocenters. The Labute approximate surface area is 102 Å². The first-order valence-corrected chi connectivity index (χ1v) is 6.31. The summed E-state index contributed by atoms with van der Waals surface area (Å²) in [6.45, 7) is 1.79. The van der Waals surface area contributed by atoms with E-state index < -0.39 is 12.0 Å². The van der Waals surface area contributed by atoms with Gasteiger partial charge in [0.1, 0.15) is 6.04 Å². The van der Waals surface area contributed by atoms with E-state index in [1.165, 1.54) is 12.8 Å². The standard InChI is InChI=1S/C14H19NO2/c16-14(17)13(12-8-4-3-5-9-12)15-10-6-1-2-7-11-15/h3-5,8-9,13H,1-2,6-7,10-11H2,(H,16,17). The fraction of sp³-hybridized carbons (Fsp3) is 0.500. The van der Waals surface area contributed by atoms with Gasteiger partial charge in [0.25, 0.3) is 0 Å². The molecule has 1 heterocycles. The van der Waals surface area contributed by atoms with Crippen molar-refractivity contribution in [2.45, 2.75) is 31.7 Å². The van der Waals surface area contributed by atoms with Crippen molar-refractivity contribution in [3.05, 3.63) is 35.9 Å². The maximum atomic E-state index is 11.5. The van der Waals surface area contributed by atoms with Gasteiger partial charge in [-0.1, -0.05) is 43.2 Å². The van der Waals surface area contributed by atoms with Gasteiger partial charge in [-0.25, -0.2) is 0 Å². The molecule has 1 aromatic rings. The minimum absolute atomic E-state index is 0.478. The molecule has 0 amide bonds. The first-order chi connectivity index (χ1) is 8.29. The summed E-state index contributed by atoms with van der Waals surface area (Å²) in [5, 5.41) is 9.43. The number of rotatable bonds is 3. The lowest BCUT2D eigenvalue weighted by molar-refractivity contribution is -0.143. The summed E-state index contributed by atoms with van der Waals surface area (Å²) in [4.78, 5) is 13.6. The van der Waals surface area contributed by atoms with E-state index >= 15 is 0 Å². The van der Waals surface area contributed by atoms with Crippen molar-refractivity contribution in [2.24, 2.45) is 0 Å². The van der Waals surface area contributed by atoms with E-state index in [0.717, 1.165) is 31.5 Å². The zero-order valence-electron chi connectivity index (χ0n) is 10.0. The molecule has 17 heavy (non-hydrogen) atoms. The second-order valence-corrected chi connectivity index (χ2v) is 4.60. The van der Waals surface area contributed by atoms with Gasteiger partial charge in [0.15, 0.2) is 0 Å². The van der Waals surface area contributed by atoms with Gasteiger partial charge in [0.05, 0.1) is 0 Å². The van der Waals surface area contributed by atoms with E-state index in [2.05, 4.69) is 4.90 Å². The third-order valence-corrected chi connectivity index (χ3v) is 3.36. The Morgan fingerprint density at radius 1 is 1.06 bits per heavy atom. The summed E-state index contributed by atoms with van der Waals surface area (Å²) in [6.07, 6.45) is 4.66. The number of nitrogens with zero attached hydrogens (tertiary/aromatic N) is 1. The van der Waals surface area contributed by atoms with Crippen LogP contribution in [0.25, 0.3) is 0 Å². The van der Waals surface area contributed by atoms with Crippen LogP contribution in [0.1, 0.15) is 37.3 Å². The number of carbonyl (C=O) groups is 1. The third kappa shape index (κ3) is 3.07. The van der Waals surface area contributed by atoms with Crippen LogP contribution >= 0.6 is 0 Å². The van der Waals surface area contributed by atoms with Crippen molar-refractivity contribution in [1.82, 2.24) is 4.90 Å². The molecule has 1 aliphatic heterocycles. The molecule has 3 nitrogen and oxygen atoms in total. The predicted octanol–water partition coefficient (Wildman–Crippen LogP) is 2.69. The van der Waals surface area contributed by atoms with Crippen LogP contribution in [-0.4, -0.2) is 29.1 Å². The fourth-order valence-electron chi connectivity index (χ4n) is 2.50.